The molecule has 0 unspecified atom stereocenters. The zero-order chi connectivity index (χ0) is 19.2. The number of hydrogen-bond donors (Lipinski definition) is 0. The molecule has 2 aromatic rings. The van der Waals surface area contributed by atoms with E-state index in [-0.39, 0.29) is 5.54 Å². The smallest absolute Gasteiger partial charge is 0.219 e. The van der Waals surface area contributed by atoms with Crippen LogP contribution in [0.5, 0.6) is 11.6 Å². The predicted octanol–water partition coefficient (Wildman–Crippen LogP) is 5.61. The van der Waals surface area contributed by atoms with Gasteiger partial charge in [-0.05, 0) is 75.7 Å². The molecule has 2 bridgehead atoms. The van der Waals surface area contributed by atoms with Gasteiger partial charge in [0.1, 0.15) is 5.75 Å². The van der Waals surface area contributed by atoms with Crippen LogP contribution in [0.15, 0.2) is 60.7 Å². The van der Waals surface area contributed by atoms with Gasteiger partial charge in [-0.25, -0.2) is 4.98 Å². The van der Waals surface area contributed by atoms with Crippen LogP contribution in [-0.4, -0.2) is 24.0 Å². The standard InChI is InChI=1S/C23H25ClN2O/c1-5-19-16-12-15(2)14-23(19,26(3)4)20-10-11-22(25-21(20)13-16)27-18-8-6-17(24)7-9-18/h5-12,16,19H,1,13-14H2,2-4H3/t16-,19+,23+/m0/s1. The molecule has 3 nitrogen and oxygen atoms in total. The van der Waals surface area contributed by atoms with Gasteiger partial charge in [0.05, 0.1) is 11.2 Å². The number of halogens is 1. The minimum atomic E-state index is -0.0926. The highest BCUT2D eigenvalue weighted by Crippen LogP contribution is 2.53. The van der Waals surface area contributed by atoms with Crippen LogP contribution in [0.2, 0.25) is 5.02 Å². The largest absolute Gasteiger partial charge is 0.439 e. The predicted molar refractivity (Wildman–Crippen MR) is 110 cm³/mol. The third-order valence-corrected chi connectivity index (χ3v) is 6.24. The van der Waals surface area contributed by atoms with Crippen molar-refractivity contribution in [3.8, 4) is 11.6 Å². The summed E-state index contributed by atoms with van der Waals surface area (Å²) in [6, 6.07) is 11.5. The minimum Gasteiger partial charge on any atom is -0.439 e. The van der Waals surface area contributed by atoms with Crippen molar-refractivity contribution >= 4 is 11.6 Å². The van der Waals surface area contributed by atoms with Crippen molar-refractivity contribution in [2.75, 3.05) is 14.1 Å². The highest BCUT2D eigenvalue weighted by molar-refractivity contribution is 6.30. The second kappa shape index (κ2) is 6.81. The second-order valence-corrected chi connectivity index (χ2v) is 8.27. The van der Waals surface area contributed by atoms with Crippen LogP contribution in [0, 0.1) is 11.8 Å². The summed E-state index contributed by atoms with van der Waals surface area (Å²) in [5, 5.41) is 0.694. The first-order valence-electron chi connectivity index (χ1n) is 9.35. The van der Waals surface area contributed by atoms with Crippen LogP contribution in [0.25, 0.3) is 0 Å². The quantitative estimate of drug-likeness (QED) is 0.644. The minimum absolute atomic E-state index is 0.0926. The number of benzene rings is 1. The van der Waals surface area contributed by atoms with Gasteiger partial charge in [-0.1, -0.05) is 29.3 Å². The Balaban J connectivity index is 1.76. The van der Waals surface area contributed by atoms with Gasteiger partial charge in [0.15, 0.2) is 0 Å². The van der Waals surface area contributed by atoms with E-state index in [2.05, 4.69) is 50.7 Å². The summed E-state index contributed by atoms with van der Waals surface area (Å²) in [6.07, 6.45) is 6.45. The summed E-state index contributed by atoms with van der Waals surface area (Å²) < 4.78 is 5.97. The summed E-state index contributed by atoms with van der Waals surface area (Å²) in [5.41, 5.74) is 3.77. The van der Waals surface area contributed by atoms with Crippen LogP contribution in [0.4, 0.5) is 0 Å². The molecule has 27 heavy (non-hydrogen) atoms. The Morgan fingerprint density at radius 1 is 1.22 bits per heavy atom. The summed E-state index contributed by atoms with van der Waals surface area (Å²) in [4.78, 5) is 7.24. The zero-order valence-electron chi connectivity index (χ0n) is 16.1. The lowest BCUT2D eigenvalue weighted by Gasteiger charge is -2.54. The van der Waals surface area contributed by atoms with E-state index in [4.69, 9.17) is 21.3 Å². The molecule has 0 radical (unpaired) electrons. The normalized spacial score (nSPS) is 26.3. The number of ether oxygens (including phenoxy) is 1. The number of allylic oxidation sites excluding steroid dienone is 1. The molecule has 0 saturated carbocycles. The number of pyridine rings is 1. The summed E-state index contributed by atoms with van der Waals surface area (Å²) in [6.45, 7) is 6.40. The molecule has 1 aromatic carbocycles. The van der Waals surface area contributed by atoms with Crippen LogP contribution in [0.1, 0.15) is 24.6 Å². The number of hydrogen-bond acceptors (Lipinski definition) is 3. The molecular weight excluding hydrogens is 356 g/mol. The molecule has 0 amide bonds. The monoisotopic (exact) mass is 380 g/mol. The molecule has 1 heterocycles. The Bertz CT molecular complexity index is 903. The molecule has 4 rings (SSSR count). The van der Waals surface area contributed by atoms with E-state index in [0.717, 1.165) is 24.3 Å². The van der Waals surface area contributed by atoms with Crippen molar-refractivity contribution in [2.45, 2.75) is 25.3 Å². The van der Waals surface area contributed by atoms with E-state index in [1.54, 1.807) is 0 Å². The van der Waals surface area contributed by atoms with Crippen molar-refractivity contribution in [3.05, 3.63) is 77.0 Å². The van der Waals surface area contributed by atoms with Gasteiger partial charge in [-0.15, -0.1) is 6.58 Å². The highest BCUT2D eigenvalue weighted by atomic mass is 35.5. The zero-order valence-corrected chi connectivity index (χ0v) is 16.8. The molecule has 0 spiro atoms. The van der Waals surface area contributed by atoms with E-state index in [1.807, 2.05) is 30.3 Å². The topological polar surface area (TPSA) is 25.4 Å². The Morgan fingerprint density at radius 3 is 2.63 bits per heavy atom. The van der Waals surface area contributed by atoms with E-state index in [9.17, 15) is 0 Å². The SMILES string of the molecule is C=C[C@@H]1[C@H]2C=C(C)C[C@]1(N(C)C)c1ccc(Oc3ccc(Cl)cc3)nc1C2. The summed E-state index contributed by atoms with van der Waals surface area (Å²) in [5.74, 6) is 2.17. The summed E-state index contributed by atoms with van der Waals surface area (Å²) >= 11 is 5.96. The molecule has 4 heteroatoms. The fourth-order valence-electron chi connectivity index (χ4n) is 4.89. The molecule has 0 N–H and O–H groups in total. The molecular formula is C23H25ClN2O. The van der Waals surface area contributed by atoms with Crippen LogP contribution >= 0.6 is 11.6 Å². The first kappa shape index (κ1) is 18.3. The fourth-order valence-corrected chi connectivity index (χ4v) is 5.01. The molecule has 0 fully saturated rings. The van der Waals surface area contributed by atoms with Crippen molar-refractivity contribution < 1.29 is 4.74 Å². The molecule has 0 saturated heterocycles. The fraction of sp³-hybridized carbons (Fsp3) is 0.348. The molecule has 1 aromatic heterocycles. The van der Waals surface area contributed by atoms with Gasteiger partial charge in [0, 0.05) is 17.0 Å². The van der Waals surface area contributed by atoms with Gasteiger partial charge in [0.25, 0.3) is 0 Å². The van der Waals surface area contributed by atoms with Crippen molar-refractivity contribution in [3.63, 3.8) is 0 Å². The van der Waals surface area contributed by atoms with Gasteiger partial charge in [-0.2, -0.15) is 0 Å². The lowest BCUT2D eigenvalue weighted by Crippen LogP contribution is -2.54. The Kier molecular flexibility index (Phi) is 4.61. The molecule has 140 valence electrons. The molecule has 2 aliphatic rings. The van der Waals surface area contributed by atoms with E-state index in [0.29, 0.717) is 22.7 Å². The number of nitrogens with zero attached hydrogens (tertiary/aromatic N) is 2. The van der Waals surface area contributed by atoms with E-state index in [1.165, 1.54) is 11.1 Å². The second-order valence-electron chi connectivity index (χ2n) is 7.84. The maximum absolute atomic E-state index is 5.97. The van der Waals surface area contributed by atoms with Crippen LogP contribution in [-0.2, 0) is 12.0 Å². The third-order valence-electron chi connectivity index (χ3n) is 5.99. The third kappa shape index (κ3) is 2.99. The van der Waals surface area contributed by atoms with E-state index < -0.39 is 0 Å². The summed E-state index contributed by atoms with van der Waals surface area (Å²) in [7, 11) is 4.33. The lowest BCUT2D eigenvalue weighted by atomic mass is 9.59. The van der Waals surface area contributed by atoms with Crippen LogP contribution < -0.4 is 4.74 Å². The highest BCUT2D eigenvalue weighted by Gasteiger charge is 2.51. The molecule has 3 atom stereocenters. The first-order chi connectivity index (χ1) is 12.9. The van der Waals surface area contributed by atoms with Crippen molar-refractivity contribution in [1.82, 2.24) is 9.88 Å². The van der Waals surface area contributed by atoms with Crippen molar-refractivity contribution in [2.24, 2.45) is 11.8 Å². The molecule has 0 aliphatic heterocycles. The number of aromatic nitrogens is 1. The number of rotatable bonds is 4. The van der Waals surface area contributed by atoms with Gasteiger partial charge >= 0.3 is 0 Å². The Labute approximate surface area is 166 Å². The Morgan fingerprint density at radius 2 is 1.96 bits per heavy atom. The maximum atomic E-state index is 5.97. The Hall–Kier alpha value is -2.10. The van der Waals surface area contributed by atoms with Crippen molar-refractivity contribution in [1.29, 1.82) is 0 Å². The van der Waals surface area contributed by atoms with Crippen LogP contribution in [0.3, 0.4) is 0 Å². The number of fused-ring (bicyclic) bond motifs is 4. The van der Waals surface area contributed by atoms with Gasteiger partial charge < -0.3 is 4.74 Å². The molecule has 2 aliphatic carbocycles. The van der Waals surface area contributed by atoms with E-state index >= 15 is 0 Å². The average molecular weight is 381 g/mol. The van der Waals surface area contributed by atoms with Gasteiger partial charge in [-0.3, -0.25) is 4.90 Å². The lowest BCUT2D eigenvalue weighted by molar-refractivity contribution is 0.0537. The van der Waals surface area contributed by atoms with Gasteiger partial charge in [0.2, 0.25) is 5.88 Å². The first-order valence-corrected chi connectivity index (χ1v) is 9.73. The average Bonchev–Trinajstić information content (AvgIpc) is 2.62. The maximum Gasteiger partial charge on any atom is 0.219 e.